The van der Waals surface area contributed by atoms with Crippen LogP contribution in [0.3, 0.4) is 0 Å². The van der Waals surface area contributed by atoms with Gasteiger partial charge in [0.15, 0.2) is 0 Å². The molecule has 0 saturated carbocycles. The SMILES string of the molecule is CCCCCN.CN1CCCC1.O. The first-order chi connectivity index (χ1) is 5.81. The maximum Gasteiger partial charge on any atom is -0.00213 e. The van der Waals surface area contributed by atoms with Crippen molar-refractivity contribution in [1.82, 2.24) is 4.90 Å². The van der Waals surface area contributed by atoms with Gasteiger partial charge in [-0.2, -0.15) is 0 Å². The van der Waals surface area contributed by atoms with Crippen LogP contribution in [0, 0.1) is 0 Å². The van der Waals surface area contributed by atoms with Crippen LogP contribution in [0.2, 0.25) is 0 Å². The molecule has 0 aromatic heterocycles. The highest BCUT2D eigenvalue weighted by molar-refractivity contribution is 4.59. The van der Waals surface area contributed by atoms with Gasteiger partial charge in [-0.25, -0.2) is 0 Å². The second-order valence-corrected chi connectivity index (χ2v) is 3.51. The van der Waals surface area contributed by atoms with Crippen LogP contribution in [-0.4, -0.2) is 37.1 Å². The summed E-state index contributed by atoms with van der Waals surface area (Å²) in [6.45, 7) is 5.67. The number of nitrogens with zero attached hydrogens (tertiary/aromatic N) is 1. The fourth-order valence-electron chi connectivity index (χ4n) is 1.27. The molecule has 13 heavy (non-hydrogen) atoms. The maximum atomic E-state index is 5.21. The van der Waals surface area contributed by atoms with Gasteiger partial charge in [-0.15, -0.1) is 0 Å². The predicted octanol–water partition coefficient (Wildman–Crippen LogP) is 1.02. The van der Waals surface area contributed by atoms with E-state index in [2.05, 4.69) is 18.9 Å². The molecule has 0 aromatic carbocycles. The molecular weight excluding hydrogens is 164 g/mol. The smallest absolute Gasteiger partial charge is 0.00213 e. The van der Waals surface area contributed by atoms with E-state index >= 15 is 0 Å². The van der Waals surface area contributed by atoms with Gasteiger partial charge < -0.3 is 16.1 Å². The Balaban J connectivity index is 0. The van der Waals surface area contributed by atoms with E-state index in [0.717, 1.165) is 6.54 Å². The lowest BCUT2D eigenvalue weighted by molar-refractivity contribution is 0.418. The molecular formula is C10H26N2O. The van der Waals surface area contributed by atoms with Crippen molar-refractivity contribution in [2.24, 2.45) is 5.73 Å². The van der Waals surface area contributed by atoms with Gasteiger partial charge in [0.2, 0.25) is 0 Å². The van der Waals surface area contributed by atoms with Crippen molar-refractivity contribution in [3.63, 3.8) is 0 Å². The van der Waals surface area contributed by atoms with Crippen molar-refractivity contribution < 1.29 is 5.48 Å². The van der Waals surface area contributed by atoms with Crippen LogP contribution in [0.4, 0.5) is 0 Å². The van der Waals surface area contributed by atoms with E-state index in [4.69, 9.17) is 5.73 Å². The summed E-state index contributed by atoms with van der Waals surface area (Å²) in [7, 11) is 2.17. The van der Waals surface area contributed by atoms with E-state index in [9.17, 15) is 0 Å². The topological polar surface area (TPSA) is 60.8 Å². The minimum atomic E-state index is 0. The van der Waals surface area contributed by atoms with Crippen LogP contribution >= 0.6 is 0 Å². The van der Waals surface area contributed by atoms with Crippen molar-refractivity contribution in [3.05, 3.63) is 0 Å². The van der Waals surface area contributed by atoms with Crippen molar-refractivity contribution in [3.8, 4) is 0 Å². The molecule has 0 aromatic rings. The van der Waals surface area contributed by atoms with Gasteiger partial charge in [0, 0.05) is 0 Å². The first-order valence-electron chi connectivity index (χ1n) is 5.20. The zero-order chi connectivity index (χ0) is 9.23. The number of hydrogen-bond acceptors (Lipinski definition) is 2. The lowest BCUT2D eigenvalue weighted by Crippen LogP contribution is -2.10. The molecule has 0 unspecified atom stereocenters. The van der Waals surface area contributed by atoms with Gasteiger partial charge in [-0.1, -0.05) is 19.8 Å². The Labute approximate surface area is 82.6 Å². The first-order valence-corrected chi connectivity index (χ1v) is 5.20. The lowest BCUT2D eigenvalue weighted by atomic mass is 10.3. The Morgan fingerprint density at radius 2 is 1.69 bits per heavy atom. The number of nitrogens with two attached hydrogens (primary N) is 1. The van der Waals surface area contributed by atoms with Gasteiger partial charge in [-0.3, -0.25) is 0 Å². The number of likely N-dealkylation sites (tertiary alicyclic amines) is 1. The molecule has 82 valence electrons. The molecule has 1 rings (SSSR count). The van der Waals surface area contributed by atoms with Crippen LogP contribution in [0.1, 0.15) is 39.0 Å². The van der Waals surface area contributed by atoms with Crippen LogP contribution in [0.25, 0.3) is 0 Å². The van der Waals surface area contributed by atoms with E-state index in [1.165, 1.54) is 45.2 Å². The summed E-state index contributed by atoms with van der Waals surface area (Å²) in [4.78, 5) is 2.36. The van der Waals surface area contributed by atoms with Gasteiger partial charge in [0.05, 0.1) is 0 Å². The summed E-state index contributed by atoms with van der Waals surface area (Å²) < 4.78 is 0. The Hall–Kier alpha value is -0.120. The summed E-state index contributed by atoms with van der Waals surface area (Å²) >= 11 is 0. The van der Waals surface area contributed by atoms with Crippen LogP contribution in [0.5, 0.6) is 0 Å². The normalized spacial score (nSPS) is 15.9. The van der Waals surface area contributed by atoms with E-state index in [1.807, 2.05) is 0 Å². The largest absolute Gasteiger partial charge is 0.412 e. The predicted molar refractivity (Wildman–Crippen MR) is 58.9 cm³/mol. The fourth-order valence-corrected chi connectivity index (χ4v) is 1.27. The van der Waals surface area contributed by atoms with Crippen molar-refractivity contribution in [2.45, 2.75) is 39.0 Å². The lowest BCUT2D eigenvalue weighted by Gasteiger charge is -2.01. The third kappa shape index (κ3) is 11.9. The van der Waals surface area contributed by atoms with Gasteiger partial charge >= 0.3 is 0 Å². The molecule has 0 atom stereocenters. The molecule has 1 heterocycles. The van der Waals surface area contributed by atoms with Crippen LogP contribution in [0.15, 0.2) is 0 Å². The quantitative estimate of drug-likeness (QED) is 0.675. The minimum Gasteiger partial charge on any atom is -0.412 e. The molecule has 1 aliphatic rings. The van der Waals surface area contributed by atoms with E-state index < -0.39 is 0 Å². The highest BCUT2D eigenvalue weighted by Gasteiger charge is 2.03. The monoisotopic (exact) mass is 190 g/mol. The van der Waals surface area contributed by atoms with Gasteiger partial charge in [0.1, 0.15) is 0 Å². The van der Waals surface area contributed by atoms with Crippen LogP contribution in [-0.2, 0) is 0 Å². The second kappa shape index (κ2) is 11.9. The average Bonchev–Trinajstić information content (AvgIpc) is 2.53. The fraction of sp³-hybridized carbons (Fsp3) is 1.00. The van der Waals surface area contributed by atoms with E-state index in [1.54, 1.807) is 0 Å². The van der Waals surface area contributed by atoms with Crippen molar-refractivity contribution in [2.75, 3.05) is 26.7 Å². The molecule has 0 bridgehead atoms. The molecule has 3 nitrogen and oxygen atoms in total. The Bertz CT molecular complexity index is 79.0. The summed E-state index contributed by atoms with van der Waals surface area (Å²) in [6, 6.07) is 0. The molecule has 0 radical (unpaired) electrons. The van der Waals surface area contributed by atoms with E-state index in [0.29, 0.717) is 0 Å². The molecule has 3 heteroatoms. The highest BCUT2D eigenvalue weighted by Crippen LogP contribution is 2.02. The standard InChI is InChI=1S/C5H11N.C5H13N.H2O/c1-6-4-2-3-5-6;1-2-3-4-5-6;/h2-5H2,1H3;2-6H2,1H3;1H2. The Morgan fingerprint density at radius 1 is 1.15 bits per heavy atom. The average molecular weight is 190 g/mol. The van der Waals surface area contributed by atoms with Gasteiger partial charge in [0.25, 0.3) is 0 Å². The van der Waals surface area contributed by atoms with Crippen LogP contribution < -0.4 is 5.73 Å². The minimum absolute atomic E-state index is 0. The third-order valence-corrected chi connectivity index (χ3v) is 2.14. The molecule has 1 saturated heterocycles. The summed E-state index contributed by atoms with van der Waals surface area (Å²) in [5.74, 6) is 0. The maximum absolute atomic E-state index is 5.21. The van der Waals surface area contributed by atoms with Crippen molar-refractivity contribution in [1.29, 1.82) is 0 Å². The number of unbranched alkanes of at least 4 members (excludes halogenated alkanes) is 2. The summed E-state index contributed by atoms with van der Waals surface area (Å²) in [6.07, 6.45) is 6.58. The molecule has 0 aliphatic carbocycles. The second-order valence-electron chi connectivity index (χ2n) is 3.51. The van der Waals surface area contributed by atoms with E-state index in [-0.39, 0.29) is 5.48 Å². The molecule has 0 spiro atoms. The molecule has 0 amide bonds. The Morgan fingerprint density at radius 3 is 1.85 bits per heavy atom. The highest BCUT2D eigenvalue weighted by atomic mass is 16.0. The molecule has 4 N–H and O–H groups in total. The number of hydrogen-bond donors (Lipinski definition) is 1. The van der Waals surface area contributed by atoms with Crippen molar-refractivity contribution >= 4 is 0 Å². The number of rotatable bonds is 3. The molecule has 1 fully saturated rings. The molecule has 1 aliphatic heterocycles. The summed E-state index contributed by atoms with van der Waals surface area (Å²) in [5.41, 5.74) is 5.21. The zero-order valence-electron chi connectivity index (χ0n) is 9.18. The Kier molecular flexibility index (Phi) is 14.0. The first kappa shape index (κ1) is 15.4. The third-order valence-electron chi connectivity index (χ3n) is 2.14. The van der Waals surface area contributed by atoms with Gasteiger partial charge in [-0.05, 0) is 45.9 Å². The zero-order valence-corrected chi connectivity index (χ0v) is 9.18. The summed E-state index contributed by atoms with van der Waals surface area (Å²) in [5, 5.41) is 0.